The molecule has 0 heterocycles. The van der Waals surface area contributed by atoms with Gasteiger partial charge in [-0.2, -0.15) is 13.6 Å². The van der Waals surface area contributed by atoms with Crippen molar-refractivity contribution in [3.8, 4) is 0 Å². The standard InChI is InChI=1S/C14H32O4P/c1-5-8-11-16-19(14(4)15,17-12-9-6-2)18-13-10-7-3/h14-15H,5-13H2,1-4H3/q+1. The average Bonchev–Trinajstić information content (AvgIpc) is 2.38. The molecule has 0 aromatic carbocycles. The molecule has 1 unspecified atom stereocenters. The fraction of sp³-hybridized carbons (Fsp3) is 1.00. The quantitative estimate of drug-likeness (QED) is 0.400. The molecule has 0 amide bonds. The largest absolute Gasteiger partial charge is 0.442 e. The lowest BCUT2D eigenvalue weighted by Crippen LogP contribution is -2.19. The Morgan fingerprint density at radius 1 is 0.789 bits per heavy atom. The number of hydrogen-bond donors (Lipinski definition) is 1. The molecule has 0 radical (unpaired) electrons. The maximum Gasteiger partial charge on any atom is 0.442 e. The van der Waals surface area contributed by atoms with E-state index in [9.17, 15) is 5.11 Å². The van der Waals surface area contributed by atoms with Crippen LogP contribution in [-0.4, -0.2) is 30.8 Å². The summed E-state index contributed by atoms with van der Waals surface area (Å²) >= 11 is 0. The molecule has 0 saturated carbocycles. The van der Waals surface area contributed by atoms with Crippen LogP contribution in [0.3, 0.4) is 0 Å². The first-order valence-electron chi connectivity index (χ1n) is 7.63. The smallest absolute Gasteiger partial charge is 0.353 e. The van der Waals surface area contributed by atoms with Crippen LogP contribution in [0.1, 0.15) is 66.2 Å². The molecule has 0 saturated heterocycles. The van der Waals surface area contributed by atoms with Crippen molar-refractivity contribution in [1.29, 1.82) is 0 Å². The summed E-state index contributed by atoms with van der Waals surface area (Å²) in [4.78, 5) is 0. The summed E-state index contributed by atoms with van der Waals surface area (Å²) in [6.07, 6.45) is 6.06. The second-order valence-corrected chi connectivity index (χ2v) is 7.33. The Morgan fingerprint density at radius 2 is 1.11 bits per heavy atom. The van der Waals surface area contributed by atoms with Crippen molar-refractivity contribution in [1.82, 2.24) is 0 Å². The first kappa shape index (κ1) is 19.3. The van der Waals surface area contributed by atoms with Crippen LogP contribution in [0.25, 0.3) is 0 Å². The van der Waals surface area contributed by atoms with Crippen LogP contribution in [0.4, 0.5) is 0 Å². The molecular weight excluding hydrogens is 263 g/mol. The van der Waals surface area contributed by atoms with Crippen LogP contribution in [0.2, 0.25) is 0 Å². The topological polar surface area (TPSA) is 47.9 Å². The third kappa shape index (κ3) is 8.21. The molecular formula is C14H32O4P+. The zero-order valence-corrected chi connectivity index (χ0v) is 14.0. The van der Waals surface area contributed by atoms with Gasteiger partial charge < -0.3 is 5.11 Å². The second kappa shape index (κ2) is 12.0. The van der Waals surface area contributed by atoms with E-state index in [0.717, 1.165) is 38.5 Å². The van der Waals surface area contributed by atoms with Crippen LogP contribution in [0, 0.1) is 0 Å². The second-order valence-electron chi connectivity index (χ2n) is 4.73. The number of rotatable bonds is 13. The third-order valence-corrected chi connectivity index (χ3v) is 5.31. The minimum atomic E-state index is -2.60. The fourth-order valence-electron chi connectivity index (χ4n) is 1.44. The molecule has 116 valence electrons. The van der Waals surface area contributed by atoms with Gasteiger partial charge in [-0.05, 0) is 19.3 Å². The van der Waals surface area contributed by atoms with Crippen molar-refractivity contribution < 1.29 is 18.7 Å². The van der Waals surface area contributed by atoms with E-state index in [1.807, 2.05) is 0 Å². The van der Waals surface area contributed by atoms with Gasteiger partial charge in [0.2, 0.25) is 5.85 Å². The first-order valence-corrected chi connectivity index (χ1v) is 9.24. The van der Waals surface area contributed by atoms with Gasteiger partial charge in [-0.15, -0.1) is 0 Å². The Bertz CT molecular complexity index is 173. The summed E-state index contributed by atoms with van der Waals surface area (Å²) in [6.45, 7) is 9.82. The molecule has 0 rings (SSSR count). The van der Waals surface area contributed by atoms with Gasteiger partial charge in [-0.25, -0.2) is 0 Å². The molecule has 0 aliphatic heterocycles. The SMILES string of the molecule is CCCCO[P+](OCCCC)(OCCCC)C(C)O. The zero-order chi connectivity index (χ0) is 14.6. The van der Waals surface area contributed by atoms with Crippen LogP contribution in [0.15, 0.2) is 0 Å². The van der Waals surface area contributed by atoms with Crippen molar-refractivity contribution in [2.24, 2.45) is 0 Å². The minimum Gasteiger partial charge on any atom is -0.353 e. The molecule has 0 spiro atoms. The van der Waals surface area contributed by atoms with E-state index >= 15 is 0 Å². The van der Waals surface area contributed by atoms with Gasteiger partial charge in [0, 0.05) is 6.92 Å². The highest BCUT2D eigenvalue weighted by Gasteiger charge is 2.51. The maximum absolute atomic E-state index is 10.0. The Labute approximate surface area is 119 Å². The highest BCUT2D eigenvalue weighted by molar-refractivity contribution is 7.62. The van der Waals surface area contributed by atoms with Gasteiger partial charge in [-0.1, -0.05) is 40.0 Å². The summed E-state index contributed by atoms with van der Waals surface area (Å²) in [6, 6.07) is 0. The lowest BCUT2D eigenvalue weighted by Gasteiger charge is -2.24. The van der Waals surface area contributed by atoms with Crippen molar-refractivity contribution in [2.75, 3.05) is 19.8 Å². The predicted molar refractivity (Wildman–Crippen MR) is 81.2 cm³/mol. The minimum absolute atomic E-state index is 0.591. The van der Waals surface area contributed by atoms with E-state index in [-0.39, 0.29) is 0 Å². The highest BCUT2D eigenvalue weighted by Crippen LogP contribution is 2.65. The number of aliphatic hydroxyl groups excluding tert-OH is 1. The third-order valence-electron chi connectivity index (χ3n) is 2.77. The Morgan fingerprint density at radius 3 is 1.32 bits per heavy atom. The Hall–Kier alpha value is 0.270. The van der Waals surface area contributed by atoms with Gasteiger partial charge in [0.25, 0.3) is 0 Å². The summed E-state index contributed by atoms with van der Waals surface area (Å²) in [5.41, 5.74) is 0. The van der Waals surface area contributed by atoms with Gasteiger partial charge in [0.15, 0.2) is 0 Å². The van der Waals surface area contributed by atoms with Crippen molar-refractivity contribution in [3.63, 3.8) is 0 Å². The Kier molecular flexibility index (Phi) is 12.2. The van der Waals surface area contributed by atoms with Gasteiger partial charge >= 0.3 is 7.94 Å². The molecule has 4 nitrogen and oxygen atoms in total. The van der Waals surface area contributed by atoms with Crippen LogP contribution in [-0.2, 0) is 13.6 Å². The van der Waals surface area contributed by atoms with Crippen LogP contribution >= 0.6 is 7.94 Å². The molecule has 19 heavy (non-hydrogen) atoms. The molecule has 1 N–H and O–H groups in total. The van der Waals surface area contributed by atoms with E-state index in [2.05, 4.69) is 20.8 Å². The Balaban J connectivity index is 4.48. The van der Waals surface area contributed by atoms with E-state index in [1.54, 1.807) is 6.92 Å². The van der Waals surface area contributed by atoms with Crippen LogP contribution in [0.5, 0.6) is 0 Å². The average molecular weight is 295 g/mol. The van der Waals surface area contributed by atoms with E-state index in [4.69, 9.17) is 13.6 Å². The molecule has 0 aromatic rings. The normalized spacial score (nSPS) is 13.7. The zero-order valence-electron chi connectivity index (χ0n) is 13.1. The molecule has 1 atom stereocenters. The molecule has 5 heteroatoms. The lowest BCUT2D eigenvalue weighted by atomic mass is 10.4. The predicted octanol–water partition coefficient (Wildman–Crippen LogP) is 4.54. The highest BCUT2D eigenvalue weighted by atomic mass is 31.2. The summed E-state index contributed by atoms with van der Waals surface area (Å²) < 4.78 is 17.5. The molecule has 0 aliphatic rings. The van der Waals surface area contributed by atoms with E-state index in [1.165, 1.54) is 0 Å². The molecule has 0 bridgehead atoms. The first-order chi connectivity index (χ1) is 9.13. The monoisotopic (exact) mass is 295 g/mol. The van der Waals surface area contributed by atoms with Crippen molar-refractivity contribution >= 4 is 7.94 Å². The summed E-state index contributed by atoms with van der Waals surface area (Å²) in [7, 11) is -2.60. The lowest BCUT2D eigenvalue weighted by molar-refractivity contribution is 0.0903. The number of aliphatic hydroxyl groups is 1. The summed E-state index contributed by atoms with van der Waals surface area (Å²) in [5.74, 6) is -0.696. The van der Waals surface area contributed by atoms with Gasteiger partial charge in [0.05, 0.1) is 19.8 Å². The van der Waals surface area contributed by atoms with E-state index in [0.29, 0.717) is 19.8 Å². The fourth-order valence-corrected chi connectivity index (χ4v) is 3.47. The van der Waals surface area contributed by atoms with Crippen LogP contribution < -0.4 is 0 Å². The van der Waals surface area contributed by atoms with E-state index < -0.39 is 13.8 Å². The van der Waals surface area contributed by atoms with Crippen molar-refractivity contribution in [2.45, 2.75) is 72.1 Å². The maximum atomic E-state index is 10.0. The van der Waals surface area contributed by atoms with Crippen molar-refractivity contribution in [3.05, 3.63) is 0 Å². The number of unbranched alkanes of at least 4 members (excludes halogenated alkanes) is 3. The molecule has 0 aromatic heterocycles. The number of hydrogen-bond acceptors (Lipinski definition) is 4. The summed E-state index contributed by atoms with van der Waals surface area (Å²) in [5, 5.41) is 10.0. The van der Waals surface area contributed by atoms with Gasteiger partial charge in [0.1, 0.15) is 0 Å². The molecule has 0 fully saturated rings. The molecule has 0 aliphatic carbocycles. The van der Waals surface area contributed by atoms with Gasteiger partial charge in [-0.3, -0.25) is 0 Å².